The minimum atomic E-state index is -0.996. The number of rotatable bonds is 11. The van der Waals surface area contributed by atoms with E-state index < -0.39 is 61.2 Å². The van der Waals surface area contributed by atoms with Crippen molar-refractivity contribution in [3.63, 3.8) is 0 Å². The highest BCUT2D eigenvalue weighted by Crippen LogP contribution is 2.38. The van der Waals surface area contributed by atoms with E-state index in [-0.39, 0.29) is 19.8 Å². The highest BCUT2D eigenvalue weighted by molar-refractivity contribution is 5.73. The van der Waals surface area contributed by atoms with E-state index in [0.717, 1.165) is 22.2 Å². The van der Waals surface area contributed by atoms with Crippen molar-refractivity contribution in [2.45, 2.75) is 81.9 Å². The molecule has 0 radical (unpaired) electrons. The molecule has 3 aromatic carbocycles. The van der Waals surface area contributed by atoms with Crippen LogP contribution in [-0.4, -0.2) is 82.0 Å². The lowest BCUT2D eigenvalue weighted by atomic mass is 9.91. The third kappa shape index (κ3) is 6.37. The van der Waals surface area contributed by atoms with E-state index in [1.165, 1.54) is 0 Å². The Hall–Kier alpha value is -3.91. The van der Waals surface area contributed by atoms with Crippen LogP contribution in [0.5, 0.6) is 0 Å². The molecule has 0 amide bonds. The highest BCUT2D eigenvalue weighted by Gasteiger charge is 2.54. The van der Waals surface area contributed by atoms with Crippen LogP contribution in [0.2, 0.25) is 0 Å². The molecule has 3 aliphatic heterocycles. The Morgan fingerprint density at radius 2 is 1.59 bits per heavy atom. The topological polar surface area (TPSA) is 155 Å². The van der Waals surface area contributed by atoms with E-state index in [0.29, 0.717) is 6.61 Å². The number of hydrogen-bond acceptors (Lipinski definition) is 10. The van der Waals surface area contributed by atoms with Gasteiger partial charge in [-0.25, -0.2) is 4.68 Å². The summed E-state index contributed by atoms with van der Waals surface area (Å²) in [5.74, 6) is -0.407. The first-order chi connectivity index (χ1) is 22.6. The first-order valence-corrected chi connectivity index (χ1v) is 15.5. The van der Waals surface area contributed by atoms with Gasteiger partial charge < -0.3 is 33.5 Å². The van der Waals surface area contributed by atoms with Crippen molar-refractivity contribution >= 4 is 11.0 Å². The van der Waals surface area contributed by atoms with E-state index in [9.17, 15) is 10.6 Å². The number of benzene rings is 3. The zero-order valence-corrected chi connectivity index (χ0v) is 25.3. The molecule has 4 aromatic rings. The molecule has 10 atom stereocenters. The molecular formula is C33H36N6O7. The van der Waals surface area contributed by atoms with Crippen molar-refractivity contribution < 1.29 is 33.5 Å². The van der Waals surface area contributed by atoms with Gasteiger partial charge in [0.25, 0.3) is 0 Å². The fraction of sp³-hybridized carbons (Fsp3) is 0.455. The summed E-state index contributed by atoms with van der Waals surface area (Å²) in [4.78, 5) is 3.06. The van der Waals surface area contributed by atoms with Crippen LogP contribution in [0, 0.1) is 5.92 Å². The average molecular weight is 629 g/mol. The van der Waals surface area contributed by atoms with Gasteiger partial charge in [0.05, 0.1) is 38.0 Å². The molecule has 13 heteroatoms. The van der Waals surface area contributed by atoms with E-state index in [1.807, 2.05) is 91.9 Å². The van der Waals surface area contributed by atoms with Crippen molar-refractivity contribution in [2.24, 2.45) is 11.0 Å². The molecular weight excluding hydrogens is 592 g/mol. The van der Waals surface area contributed by atoms with E-state index >= 15 is 0 Å². The normalized spacial score (nSPS) is 32.3. The van der Waals surface area contributed by atoms with Crippen molar-refractivity contribution in [1.29, 1.82) is 0 Å². The van der Waals surface area contributed by atoms with Gasteiger partial charge in [-0.3, -0.25) is 0 Å². The van der Waals surface area contributed by atoms with Crippen LogP contribution in [-0.2, 0) is 48.2 Å². The number of hydrogen-bond donors (Lipinski definition) is 1. The van der Waals surface area contributed by atoms with Crippen molar-refractivity contribution in [2.75, 3.05) is 6.61 Å². The fourth-order valence-corrected chi connectivity index (χ4v) is 6.41. The third-order valence-corrected chi connectivity index (χ3v) is 8.83. The number of aliphatic hydroxyl groups is 1. The summed E-state index contributed by atoms with van der Waals surface area (Å²) in [7, 11) is 0. The summed E-state index contributed by atoms with van der Waals surface area (Å²) in [6.07, 6.45) is -5.86. The number of nitrogens with zero attached hydrogens (tertiary/aromatic N) is 6. The standard InChI is InChI=1S/C33H36N6O7/c1-20-29(41-17-21-10-4-2-5-11-21)28(40)25(16-39-24-15-9-8-14-23(24)35-38-39)44-32(20)46-30-26-19-43-33(45-26)27(36-37-34)31(30)42-18-22-12-6-3-7-13-22/h2-15,20,25-33,40H,16-19H2,1H3/t20?,25?,26-,27?,28+,29-,30+,31?,32-,33+/m0/s1. The van der Waals surface area contributed by atoms with Gasteiger partial charge in [-0.1, -0.05) is 90.0 Å². The summed E-state index contributed by atoms with van der Waals surface area (Å²) in [6.45, 7) is 2.94. The number of azide groups is 1. The van der Waals surface area contributed by atoms with Gasteiger partial charge in [-0.2, -0.15) is 0 Å². The Bertz CT molecular complexity index is 1640. The molecule has 0 spiro atoms. The summed E-state index contributed by atoms with van der Waals surface area (Å²) < 4.78 is 39.8. The van der Waals surface area contributed by atoms with Crippen LogP contribution >= 0.6 is 0 Å². The number of aromatic nitrogens is 3. The molecule has 240 valence electrons. The third-order valence-electron chi connectivity index (χ3n) is 8.83. The molecule has 0 aliphatic carbocycles. The maximum atomic E-state index is 11.7. The Morgan fingerprint density at radius 3 is 2.30 bits per heavy atom. The lowest BCUT2D eigenvalue weighted by Crippen LogP contribution is -2.61. The van der Waals surface area contributed by atoms with Crippen LogP contribution in [0.25, 0.3) is 21.5 Å². The van der Waals surface area contributed by atoms with E-state index in [2.05, 4.69) is 20.3 Å². The Labute approximate surface area is 265 Å². The Kier molecular flexibility index (Phi) is 9.24. The molecule has 3 fully saturated rings. The molecule has 4 unspecified atom stereocenters. The van der Waals surface area contributed by atoms with Crippen molar-refractivity contribution in [1.82, 2.24) is 15.0 Å². The molecule has 1 aromatic heterocycles. The van der Waals surface area contributed by atoms with Gasteiger partial charge in [0.2, 0.25) is 0 Å². The van der Waals surface area contributed by atoms with Crippen molar-refractivity contribution in [3.05, 3.63) is 106 Å². The molecule has 0 saturated carbocycles. The quantitative estimate of drug-likeness (QED) is 0.147. The largest absolute Gasteiger partial charge is 0.388 e. The number of aliphatic hydroxyl groups excluding tert-OH is 1. The van der Waals surface area contributed by atoms with Gasteiger partial charge in [-0.15, -0.1) is 5.10 Å². The number of para-hydroxylation sites is 1. The average Bonchev–Trinajstić information content (AvgIpc) is 3.71. The van der Waals surface area contributed by atoms with Crippen LogP contribution in [0.3, 0.4) is 0 Å². The molecule has 13 nitrogen and oxygen atoms in total. The van der Waals surface area contributed by atoms with Crippen molar-refractivity contribution in [3.8, 4) is 0 Å². The monoisotopic (exact) mass is 628 g/mol. The van der Waals surface area contributed by atoms with Gasteiger partial charge in [-0.05, 0) is 28.8 Å². The number of ether oxygens (including phenoxy) is 6. The van der Waals surface area contributed by atoms with E-state index in [4.69, 9.17) is 28.4 Å². The Balaban J connectivity index is 1.16. The molecule has 4 heterocycles. The molecule has 1 N–H and O–H groups in total. The van der Waals surface area contributed by atoms with Gasteiger partial charge >= 0.3 is 0 Å². The minimum Gasteiger partial charge on any atom is -0.388 e. The second-order valence-corrected chi connectivity index (χ2v) is 11.8. The van der Waals surface area contributed by atoms with Crippen LogP contribution < -0.4 is 0 Å². The molecule has 3 saturated heterocycles. The first kappa shape index (κ1) is 30.7. The second kappa shape index (κ2) is 13.8. The predicted octanol–water partition coefficient (Wildman–Crippen LogP) is 4.14. The second-order valence-electron chi connectivity index (χ2n) is 11.8. The maximum absolute atomic E-state index is 11.7. The highest BCUT2D eigenvalue weighted by atomic mass is 16.8. The van der Waals surface area contributed by atoms with Crippen LogP contribution in [0.15, 0.2) is 90.0 Å². The Morgan fingerprint density at radius 1 is 0.913 bits per heavy atom. The predicted molar refractivity (Wildman–Crippen MR) is 164 cm³/mol. The molecule has 3 aliphatic rings. The van der Waals surface area contributed by atoms with Gasteiger partial charge in [0.1, 0.15) is 42.1 Å². The number of fused-ring (bicyclic) bond motifs is 3. The summed E-state index contributed by atoms with van der Waals surface area (Å²) in [5.41, 5.74) is 12.9. The first-order valence-electron chi connectivity index (χ1n) is 15.5. The van der Waals surface area contributed by atoms with Gasteiger partial charge in [0, 0.05) is 10.8 Å². The molecule has 46 heavy (non-hydrogen) atoms. The maximum Gasteiger partial charge on any atom is 0.169 e. The zero-order chi connectivity index (χ0) is 31.5. The fourth-order valence-electron chi connectivity index (χ4n) is 6.41. The summed E-state index contributed by atoms with van der Waals surface area (Å²) >= 11 is 0. The lowest BCUT2D eigenvalue weighted by molar-refractivity contribution is -0.324. The smallest absolute Gasteiger partial charge is 0.169 e. The zero-order valence-electron chi connectivity index (χ0n) is 25.3. The minimum absolute atomic E-state index is 0.213. The lowest BCUT2D eigenvalue weighted by Gasteiger charge is -2.46. The van der Waals surface area contributed by atoms with E-state index in [1.54, 1.807) is 4.68 Å². The van der Waals surface area contributed by atoms with Gasteiger partial charge in [0.15, 0.2) is 12.6 Å². The molecule has 2 bridgehead atoms. The summed E-state index contributed by atoms with van der Waals surface area (Å²) in [6, 6.07) is 26.4. The summed E-state index contributed by atoms with van der Waals surface area (Å²) in [5, 5.41) is 24.2. The van der Waals surface area contributed by atoms with Crippen LogP contribution in [0.4, 0.5) is 0 Å². The molecule has 7 rings (SSSR count). The van der Waals surface area contributed by atoms with Crippen LogP contribution in [0.1, 0.15) is 18.1 Å². The SMILES string of the molecule is CC1[C@H](O[C@H]2C(OCc3ccccc3)C(N=[N+]=[N-])[C@@H]3OC[C@@H]2O3)OC(Cn2nnc3ccccc32)[C@@H](O)[C@H]1OCc1ccccc1.